The molecule has 0 spiro atoms. The summed E-state index contributed by atoms with van der Waals surface area (Å²) in [6.45, 7) is 0.303. The number of carbonyl (C=O) groups is 2. The lowest BCUT2D eigenvalue weighted by Gasteiger charge is -2.11. The van der Waals surface area contributed by atoms with Crippen molar-refractivity contribution < 1.29 is 27.5 Å². The third kappa shape index (κ3) is 5.27. The van der Waals surface area contributed by atoms with Gasteiger partial charge in [0.1, 0.15) is 0 Å². The molecule has 0 amide bonds. The Labute approximate surface area is 214 Å². The second kappa shape index (κ2) is 10.1. The molecule has 0 aliphatic carbocycles. The van der Waals surface area contributed by atoms with Gasteiger partial charge in [0.2, 0.25) is 0 Å². The lowest BCUT2D eigenvalue weighted by molar-refractivity contribution is 0.0599. The van der Waals surface area contributed by atoms with E-state index in [0.29, 0.717) is 21.8 Å². The van der Waals surface area contributed by atoms with E-state index in [1.807, 2.05) is 12.1 Å². The Balaban J connectivity index is 1.68. The second-order valence-corrected chi connectivity index (χ2v) is 10.7. The molecule has 186 valence electrons. The van der Waals surface area contributed by atoms with Crippen LogP contribution < -0.4 is 9.60 Å². The van der Waals surface area contributed by atoms with E-state index < -0.39 is 22.0 Å². The molecule has 1 aromatic heterocycles. The predicted octanol–water partition coefficient (Wildman–Crippen LogP) is 4.14. The molecule has 1 N–H and O–H groups in total. The monoisotopic (exact) mass is 546 g/mol. The van der Waals surface area contributed by atoms with Crippen LogP contribution in [0.2, 0.25) is 5.02 Å². The van der Waals surface area contributed by atoms with Gasteiger partial charge in [0.05, 0.1) is 52.7 Å². The Morgan fingerprint density at radius 1 is 0.944 bits per heavy atom. The molecule has 1 heterocycles. The van der Waals surface area contributed by atoms with Gasteiger partial charge in [-0.05, 0) is 54.1 Å². The number of nitrogens with zero attached hydrogens (tertiary/aromatic N) is 1. The number of carbonyl (C=O) groups excluding carboxylic acids is 2. The molecule has 0 unspecified atom stereocenters. The van der Waals surface area contributed by atoms with E-state index in [1.165, 1.54) is 30.3 Å². The number of sulfonamides is 1. The molecule has 0 aliphatic rings. The summed E-state index contributed by atoms with van der Waals surface area (Å²) in [5.74, 6) is -1.51. The molecule has 0 atom stereocenters. The molecule has 0 aliphatic heterocycles. The molecule has 0 saturated carbocycles. The number of fused-ring (bicyclic) bond motifs is 1. The van der Waals surface area contributed by atoms with Crippen LogP contribution in [0.25, 0.3) is 10.2 Å². The third-order valence-electron chi connectivity index (χ3n) is 5.23. The van der Waals surface area contributed by atoms with Crippen molar-refractivity contribution in [3.8, 4) is 0 Å². The number of benzene rings is 3. The van der Waals surface area contributed by atoms with E-state index in [1.54, 1.807) is 22.8 Å². The fourth-order valence-electron chi connectivity index (χ4n) is 3.51. The fraction of sp³-hybridized carbons (Fsp3) is 0.125. The zero-order valence-corrected chi connectivity index (χ0v) is 21.4. The van der Waals surface area contributed by atoms with Crippen molar-refractivity contribution in [2.75, 3.05) is 18.9 Å². The van der Waals surface area contributed by atoms with Gasteiger partial charge in [-0.15, -0.1) is 0 Å². The van der Waals surface area contributed by atoms with Crippen molar-refractivity contribution >= 4 is 60.8 Å². The van der Waals surface area contributed by atoms with Crippen molar-refractivity contribution in [1.29, 1.82) is 0 Å². The molecule has 36 heavy (non-hydrogen) atoms. The first-order valence-electron chi connectivity index (χ1n) is 10.3. The van der Waals surface area contributed by atoms with Crippen LogP contribution in [-0.4, -0.2) is 39.1 Å². The number of anilines is 1. The van der Waals surface area contributed by atoms with Crippen molar-refractivity contribution in [1.82, 2.24) is 4.57 Å². The van der Waals surface area contributed by atoms with Crippen molar-refractivity contribution in [3.63, 3.8) is 0 Å². The van der Waals surface area contributed by atoms with Crippen LogP contribution in [0.4, 0.5) is 5.69 Å². The zero-order chi connectivity index (χ0) is 26.0. The first-order chi connectivity index (χ1) is 17.1. The number of hydrogen-bond acceptors (Lipinski definition) is 8. The average Bonchev–Trinajstić information content (AvgIpc) is 3.17. The van der Waals surface area contributed by atoms with Crippen LogP contribution in [0.5, 0.6) is 0 Å². The van der Waals surface area contributed by atoms with Gasteiger partial charge in [-0.2, -0.15) is 0 Å². The first-order valence-corrected chi connectivity index (χ1v) is 13.0. The second-order valence-electron chi connectivity index (χ2n) is 7.60. The minimum Gasteiger partial charge on any atom is -0.465 e. The highest BCUT2D eigenvalue weighted by Gasteiger charge is 2.20. The molecule has 12 heteroatoms. The lowest BCUT2D eigenvalue weighted by Crippen LogP contribution is -2.15. The topological polar surface area (TPSA) is 121 Å². The Hall–Kier alpha value is -3.67. The van der Waals surface area contributed by atoms with E-state index in [2.05, 4.69) is 14.2 Å². The SMILES string of the molecule is COC(=O)c1cc(NS(=O)(=O)c2ccc3c(c2)sc(=O)n3Cc2ccc(Cl)cc2)cc(C(=O)OC)c1. The lowest BCUT2D eigenvalue weighted by atomic mass is 10.1. The highest BCUT2D eigenvalue weighted by molar-refractivity contribution is 7.92. The molecule has 0 radical (unpaired) electrons. The number of methoxy groups -OCH3 is 2. The van der Waals surface area contributed by atoms with Gasteiger partial charge in [0, 0.05) is 5.02 Å². The van der Waals surface area contributed by atoms with Crippen LogP contribution in [0, 0.1) is 0 Å². The maximum absolute atomic E-state index is 13.1. The molecule has 3 aromatic carbocycles. The quantitative estimate of drug-likeness (QED) is 0.346. The number of esters is 2. The number of halogens is 1. The van der Waals surface area contributed by atoms with Gasteiger partial charge < -0.3 is 9.47 Å². The summed E-state index contributed by atoms with van der Waals surface area (Å²) in [6.07, 6.45) is 0. The third-order valence-corrected chi connectivity index (χ3v) is 7.80. The minimum atomic E-state index is -4.14. The molecule has 4 rings (SSSR count). The summed E-state index contributed by atoms with van der Waals surface area (Å²) in [5, 5.41) is 0.583. The Bertz CT molecular complexity index is 1610. The Kier molecular flexibility index (Phi) is 7.16. The van der Waals surface area contributed by atoms with Crippen LogP contribution in [0.1, 0.15) is 26.3 Å². The maximum atomic E-state index is 13.1. The van der Waals surface area contributed by atoms with E-state index in [-0.39, 0.29) is 26.6 Å². The molecule has 9 nitrogen and oxygen atoms in total. The smallest absolute Gasteiger partial charge is 0.337 e. The number of ether oxygens (including phenoxy) is 2. The average molecular weight is 547 g/mol. The number of nitrogens with one attached hydrogen (secondary N) is 1. The molecule has 4 aromatic rings. The van der Waals surface area contributed by atoms with Gasteiger partial charge in [-0.1, -0.05) is 35.1 Å². The summed E-state index contributed by atoms with van der Waals surface area (Å²) in [6, 6.07) is 15.1. The van der Waals surface area contributed by atoms with E-state index in [4.69, 9.17) is 11.6 Å². The number of hydrogen-bond donors (Lipinski definition) is 1. The number of aromatic nitrogens is 1. The molecular weight excluding hydrogens is 528 g/mol. The Morgan fingerprint density at radius 2 is 1.56 bits per heavy atom. The van der Waals surface area contributed by atoms with Gasteiger partial charge in [0.15, 0.2) is 0 Å². The zero-order valence-electron chi connectivity index (χ0n) is 19.0. The highest BCUT2D eigenvalue weighted by atomic mass is 35.5. The summed E-state index contributed by atoms with van der Waals surface area (Å²) >= 11 is 6.85. The van der Waals surface area contributed by atoms with Crippen LogP contribution in [0.3, 0.4) is 0 Å². The van der Waals surface area contributed by atoms with Crippen molar-refractivity contribution in [2.45, 2.75) is 11.4 Å². The van der Waals surface area contributed by atoms with E-state index in [9.17, 15) is 22.8 Å². The predicted molar refractivity (Wildman–Crippen MR) is 137 cm³/mol. The molecular formula is C24H19ClN2O7S2. The summed E-state index contributed by atoms with van der Waals surface area (Å²) in [5.41, 5.74) is 1.34. The molecule has 0 fully saturated rings. The first kappa shape index (κ1) is 25.4. The standard InChI is InChI=1S/C24H19ClN2O7S2/c1-33-22(28)15-9-16(23(29)34-2)11-18(10-15)26-36(31,32)19-7-8-20-21(12-19)35-24(30)27(20)13-14-3-5-17(25)6-4-14/h3-12,26H,13H2,1-2H3. The summed E-state index contributed by atoms with van der Waals surface area (Å²) in [4.78, 5) is 36.3. The maximum Gasteiger partial charge on any atom is 0.337 e. The van der Waals surface area contributed by atoms with E-state index >= 15 is 0 Å². The van der Waals surface area contributed by atoms with Gasteiger partial charge >= 0.3 is 16.8 Å². The van der Waals surface area contributed by atoms with Crippen LogP contribution >= 0.6 is 22.9 Å². The minimum absolute atomic E-state index is 0.0353. The van der Waals surface area contributed by atoms with Gasteiger partial charge in [-0.25, -0.2) is 18.0 Å². The largest absolute Gasteiger partial charge is 0.465 e. The summed E-state index contributed by atoms with van der Waals surface area (Å²) in [7, 11) is -1.82. The normalized spacial score (nSPS) is 11.3. The van der Waals surface area contributed by atoms with E-state index in [0.717, 1.165) is 31.1 Å². The Morgan fingerprint density at radius 3 is 2.14 bits per heavy atom. The van der Waals surface area contributed by atoms with Crippen LogP contribution in [0.15, 0.2) is 70.4 Å². The van der Waals surface area contributed by atoms with Gasteiger partial charge in [0.25, 0.3) is 10.0 Å². The van der Waals surface area contributed by atoms with Crippen molar-refractivity contribution in [3.05, 3.63) is 92.0 Å². The van der Waals surface area contributed by atoms with Crippen molar-refractivity contribution in [2.24, 2.45) is 0 Å². The number of thiazole rings is 1. The molecule has 0 bridgehead atoms. The van der Waals surface area contributed by atoms with Crippen LogP contribution in [-0.2, 0) is 26.0 Å². The number of rotatable bonds is 7. The highest BCUT2D eigenvalue weighted by Crippen LogP contribution is 2.25. The van der Waals surface area contributed by atoms with Gasteiger partial charge in [-0.3, -0.25) is 14.1 Å². The summed E-state index contributed by atoms with van der Waals surface area (Å²) < 4.78 is 40.0. The fourth-order valence-corrected chi connectivity index (χ4v) is 5.70. The molecule has 0 saturated heterocycles.